The Hall–Kier alpha value is -3.01. The summed E-state index contributed by atoms with van der Waals surface area (Å²) in [6, 6.07) is 14.5. The van der Waals surface area contributed by atoms with Crippen molar-refractivity contribution in [2.75, 3.05) is 20.3 Å². The van der Waals surface area contributed by atoms with Gasteiger partial charge in [-0.05, 0) is 73.2 Å². The molecule has 3 aromatic rings. The summed E-state index contributed by atoms with van der Waals surface area (Å²) in [4.78, 5) is 27.8. The number of halogens is 3. The Kier molecular flexibility index (Phi) is 8.16. The smallest absolute Gasteiger partial charge is 0.305 e. The number of benzene rings is 3. The van der Waals surface area contributed by atoms with Crippen LogP contribution in [0.5, 0.6) is 0 Å². The highest BCUT2D eigenvalue weighted by Gasteiger charge is 2.57. The largest absolute Gasteiger partial charge is 0.481 e. The Bertz CT molecular complexity index is 1460. The number of rotatable bonds is 8. The summed E-state index contributed by atoms with van der Waals surface area (Å²) in [5.74, 6) is -2.78. The van der Waals surface area contributed by atoms with E-state index in [-0.39, 0.29) is 22.6 Å². The number of aliphatic hydroxyl groups is 1. The zero-order valence-electron chi connectivity index (χ0n) is 22.6. The number of methoxy groups -OCH3 is 1. The second kappa shape index (κ2) is 11.3. The fourth-order valence-corrected chi connectivity index (χ4v) is 6.40. The van der Waals surface area contributed by atoms with Crippen LogP contribution in [0.25, 0.3) is 0 Å². The van der Waals surface area contributed by atoms with E-state index in [1.54, 1.807) is 55.5 Å². The van der Waals surface area contributed by atoms with E-state index >= 15 is 4.39 Å². The zero-order valence-corrected chi connectivity index (χ0v) is 24.1. The van der Waals surface area contributed by atoms with Gasteiger partial charge in [-0.15, -0.1) is 0 Å². The van der Waals surface area contributed by atoms with E-state index in [0.717, 1.165) is 0 Å². The van der Waals surface area contributed by atoms with Crippen LogP contribution in [0.3, 0.4) is 0 Å². The maximum atomic E-state index is 16.5. The molecule has 1 amide bonds. The Morgan fingerprint density at radius 2 is 1.71 bits per heavy atom. The summed E-state index contributed by atoms with van der Waals surface area (Å²) in [7, 11) is 1.34. The molecule has 7 nitrogen and oxygen atoms in total. The molecule has 3 aromatic carbocycles. The SMILES string of the molecule is CO[C@]1(c2ccc(Cl)cc2)c2c(F)cc([C@@](C)(O)C3CCOCC3)cc2C(=O)N1[C@@H](CC(=O)O)c1ccc(Cl)cc1. The summed E-state index contributed by atoms with van der Waals surface area (Å²) in [5, 5.41) is 22.4. The van der Waals surface area contributed by atoms with Gasteiger partial charge in [0.15, 0.2) is 5.72 Å². The van der Waals surface area contributed by atoms with Crippen molar-refractivity contribution in [2.24, 2.45) is 5.92 Å². The third kappa shape index (κ3) is 5.13. The quantitative estimate of drug-likeness (QED) is 0.315. The van der Waals surface area contributed by atoms with Crippen molar-refractivity contribution in [3.63, 3.8) is 0 Å². The van der Waals surface area contributed by atoms with Crippen LogP contribution >= 0.6 is 23.2 Å². The Labute approximate surface area is 247 Å². The molecule has 1 saturated heterocycles. The van der Waals surface area contributed by atoms with Gasteiger partial charge in [-0.2, -0.15) is 0 Å². The van der Waals surface area contributed by atoms with Crippen molar-refractivity contribution in [1.29, 1.82) is 0 Å². The zero-order chi connectivity index (χ0) is 29.5. The van der Waals surface area contributed by atoms with E-state index in [4.69, 9.17) is 32.7 Å². The highest BCUT2D eigenvalue weighted by Crippen LogP contribution is 2.52. The van der Waals surface area contributed by atoms with Crippen LogP contribution in [0.15, 0.2) is 60.7 Å². The van der Waals surface area contributed by atoms with Crippen LogP contribution in [-0.4, -0.2) is 47.3 Å². The Balaban J connectivity index is 1.75. The molecule has 0 bridgehead atoms. The second-order valence-corrected chi connectivity index (χ2v) is 11.5. The Morgan fingerprint density at radius 3 is 2.27 bits per heavy atom. The fraction of sp³-hybridized carbons (Fsp3) is 0.355. The number of ether oxygens (including phenoxy) is 2. The molecule has 216 valence electrons. The van der Waals surface area contributed by atoms with Gasteiger partial charge in [0.1, 0.15) is 5.82 Å². The standard InChI is InChI=1S/C31H30Cl2FNO6/c1-30(39,19-11-13-41-14-12-19)21-15-24-28(25(34)16-21)31(40-2,20-5-9-23(33)10-6-20)35(29(24)38)26(17-27(36)37)18-3-7-22(32)8-4-18/h3-10,15-16,19,26,39H,11-14,17H2,1-2H3,(H,36,37)/t26-,30-,31+/m0/s1. The number of nitrogens with zero attached hydrogens (tertiary/aromatic N) is 1. The van der Waals surface area contributed by atoms with Gasteiger partial charge in [-0.1, -0.05) is 47.5 Å². The van der Waals surface area contributed by atoms with Gasteiger partial charge in [0.05, 0.1) is 29.2 Å². The highest BCUT2D eigenvalue weighted by atomic mass is 35.5. The third-order valence-corrected chi connectivity index (χ3v) is 8.79. The lowest BCUT2D eigenvalue weighted by molar-refractivity contribution is -0.142. The number of carboxylic acid groups (broad SMARTS) is 1. The lowest BCUT2D eigenvalue weighted by Gasteiger charge is -2.42. The third-order valence-electron chi connectivity index (χ3n) is 8.28. The monoisotopic (exact) mass is 601 g/mol. The number of carbonyl (C=O) groups is 2. The summed E-state index contributed by atoms with van der Waals surface area (Å²) in [6.45, 7) is 2.57. The van der Waals surface area contributed by atoms with Crippen LogP contribution < -0.4 is 0 Å². The molecule has 2 N–H and O–H groups in total. The molecule has 5 rings (SSSR count). The maximum Gasteiger partial charge on any atom is 0.305 e. The average Bonchev–Trinajstić information content (AvgIpc) is 3.22. The van der Waals surface area contributed by atoms with E-state index < -0.39 is 41.5 Å². The van der Waals surface area contributed by atoms with Crippen LogP contribution in [0.1, 0.15) is 64.8 Å². The topological polar surface area (TPSA) is 96.3 Å². The van der Waals surface area contributed by atoms with E-state index in [1.807, 2.05) is 0 Å². The van der Waals surface area contributed by atoms with Crippen molar-refractivity contribution in [3.8, 4) is 0 Å². The van der Waals surface area contributed by atoms with E-state index in [2.05, 4.69) is 0 Å². The van der Waals surface area contributed by atoms with Crippen molar-refractivity contribution in [2.45, 2.75) is 43.6 Å². The maximum absolute atomic E-state index is 16.5. The first kappa shape index (κ1) is 29.5. The molecular formula is C31H30Cl2FNO6. The van der Waals surface area contributed by atoms with E-state index in [9.17, 15) is 19.8 Å². The predicted octanol–water partition coefficient (Wildman–Crippen LogP) is 6.29. The molecule has 0 radical (unpaired) electrons. The van der Waals surface area contributed by atoms with Gasteiger partial charge < -0.3 is 19.7 Å². The minimum atomic E-state index is -1.84. The lowest BCUT2D eigenvalue weighted by Crippen LogP contribution is -2.49. The van der Waals surface area contributed by atoms with Crippen LogP contribution in [0, 0.1) is 11.7 Å². The summed E-state index contributed by atoms with van der Waals surface area (Å²) < 4.78 is 28.0. The summed E-state index contributed by atoms with van der Waals surface area (Å²) >= 11 is 12.3. The normalized spacial score (nSPS) is 21.4. The van der Waals surface area contributed by atoms with Gasteiger partial charge in [-0.3, -0.25) is 14.5 Å². The van der Waals surface area contributed by atoms with Gasteiger partial charge in [-0.25, -0.2) is 4.39 Å². The number of carboxylic acids is 1. The van der Waals surface area contributed by atoms with Gasteiger partial charge >= 0.3 is 5.97 Å². The molecular weight excluding hydrogens is 572 g/mol. The van der Waals surface area contributed by atoms with Crippen molar-refractivity contribution < 1.29 is 33.7 Å². The molecule has 10 heteroatoms. The van der Waals surface area contributed by atoms with Crippen LogP contribution in [-0.2, 0) is 25.6 Å². The highest BCUT2D eigenvalue weighted by molar-refractivity contribution is 6.30. The molecule has 41 heavy (non-hydrogen) atoms. The Morgan fingerprint density at radius 1 is 1.12 bits per heavy atom. The molecule has 0 unspecified atom stereocenters. The number of aliphatic carboxylic acids is 1. The minimum absolute atomic E-state index is 0.0199. The van der Waals surface area contributed by atoms with E-state index in [0.29, 0.717) is 47.2 Å². The molecule has 1 fully saturated rings. The first-order valence-corrected chi connectivity index (χ1v) is 14.0. The van der Waals surface area contributed by atoms with Crippen LogP contribution in [0.4, 0.5) is 4.39 Å². The lowest BCUT2D eigenvalue weighted by atomic mass is 9.77. The average molecular weight is 602 g/mol. The van der Waals surface area contributed by atoms with Crippen molar-refractivity contribution in [1.82, 2.24) is 4.90 Å². The molecule has 0 aliphatic carbocycles. The second-order valence-electron chi connectivity index (χ2n) is 10.6. The molecule has 0 aromatic heterocycles. The molecule has 3 atom stereocenters. The molecule has 2 aliphatic heterocycles. The van der Waals surface area contributed by atoms with Crippen molar-refractivity contribution >= 4 is 35.1 Å². The molecule has 2 aliphatic rings. The van der Waals surface area contributed by atoms with Gasteiger partial charge in [0, 0.05) is 35.9 Å². The molecule has 2 heterocycles. The number of carbonyl (C=O) groups excluding carboxylic acids is 1. The van der Waals surface area contributed by atoms with Crippen molar-refractivity contribution in [3.05, 3.63) is 104 Å². The molecule has 0 saturated carbocycles. The number of hydrogen-bond donors (Lipinski definition) is 2. The molecule has 0 spiro atoms. The first-order valence-electron chi connectivity index (χ1n) is 13.3. The fourth-order valence-electron chi connectivity index (χ4n) is 6.15. The summed E-state index contributed by atoms with van der Waals surface area (Å²) in [6.07, 6.45) is 0.667. The van der Waals surface area contributed by atoms with E-state index in [1.165, 1.54) is 24.1 Å². The number of fused-ring (bicyclic) bond motifs is 1. The van der Waals surface area contributed by atoms with Crippen LogP contribution in [0.2, 0.25) is 10.0 Å². The predicted molar refractivity (Wildman–Crippen MR) is 151 cm³/mol. The minimum Gasteiger partial charge on any atom is -0.481 e. The van der Waals surface area contributed by atoms with Gasteiger partial charge in [0.2, 0.25) is 0 Å². The van der Waals surface area contributed by atoms with Gasteiger partial charge in [0.25, 0.3) is 5.91 Å². The number of amides is 1. The summed E-state index contributed by atoms with van der Waals surface area (Å²) in [5.41, 5.74) is -2.27. The number of hydrogen-bond acceptors (Lipinski definition) is 5. The first-order chi connectivity index (χ1) is 19.5.